The van der Waals surface area contributed by atoms with Crippen molar-refractivity contribution in [3.05, 3.63) is 53.7 Å². The number of tetrazole rings is 1. The molecule has 1 atom stereocenters. The summed E-state index contributed by atoms with van der Waals surface area (Å²) in [4.78, 5) is 8.85. The topological polar surface area (TPSA) is 132 Å². The van der Waals surface area contributed by atoms with Crippen LogP contribution in [-0.2, 0) is 0 Å². The molecule has 2 heterocycles. The van der Waals surface area contributed by atoms with Crippen molar-refractivity contribution in [2.45, 2.75) is 12.5 Å². The van der Waals surface area contributed by atoms with Crippen molar-refractivity contribution in [2.24, 2.45) is 11.5 Å². The van der Waals surface area contributed by atoms with Crippen LogP contribution in [-0.4, -0.2) is 37.1 Å². The van der Waals surface area contributed by atoms with Crippen LogP contribution >= 0.6 is 0 Å². The largest absolute Gasteiger partial charge is 0.330 e. The first-order chi connectivity index (χ1) is 11.8. The summed E-state index contributed by atoms with van der Waals surface area (Å²) in [5.41, 5.74) is 15.1. The zero-order valence-electron chi connectivity index (χ0n) is 13.0. The number of nitrogens with zero attached hydrogens (tertiary/aromatic N) is 5. The van der Waals surface area contributed by atoms with Crippen LogP contribution in [0.3, 0.4) is 0 Å². The van der Waals surface area contributed by atoms with E-state index >= 15 is 0 Å². The molecular weight excluding hydrogens is 304 g/mol. The standard InChI is InChI=1S/C16H18N8/c17-7-6-13(18)15-10-19-9-14(20-15)12-3-1-2-11(8-12)4-5-16-21-23-24-22-16/h1-5,8-10,13H,6-7,17-18H2,(H,21,22,23,24)/b5-4+. The van der Waals surface area contributed by atoms with Crippen LogP contribution in [0.25, 0.3) is 23.4 Å². The van der Waals surface area contributed by atoms with Crippen molar-refractivity contribution < 1.29 is 0 Å². The Morgan fingerprint density at radius 3 is 2.92 bits per heavy atom. The molecule has 2 aromatic heterocycles. The highest BCUT2D eigenvalue weighted by Gasteiger charge is 2.09. The van der Waals surface area contributed by atoms with Gasteiger partial charge in [-0.25, -0.2) is 10.1 Å². The van der Waals surface area contributed by atoms with Gasteiger partial charge in [-0.2, -0.15) is 0 Å². The fourth-order valence-electron chi connectivity index (χ4n) is 2.24. The normalized spacial score (nSPS) is 12.6. The number of benzene rings is 1. The molecule has 3 aromatic rings. The zero-order valence-corrected chi connectivity index (χ0v) is 13.0. The molecule has 0 fully saturated rings. The van der Waals surface area contributed by atoms with Gasteiger partial charge in [0, 0.05) is 11.6 Å². The minimum Gasteiger partial charge on any atom is -0.330 e. The van der Waals surface area contributed by atoms with Crippen molar-refractivity contribution in [1.82, 2.24) is 30.6 Å². The lowest BCUT2D eigenvalue weighted by Gasteiger charge is -2.10. The summed E-state index contributed by atoms with van der Waals surface area (Å²) in [6, 6.07) is 7.74. The van der Waals surface area contributed by atoms with Crippen molar-refractivity contribution in [1.29, 1.82) is 0 Å². The molecule has 0 saturated carbocycles. The van der Waals surface area contributed by atoms with Gasteiger partial charge in [-0.05, 0) is 41.1 Å². The minimum absolute atomic E-state index is 0.204. The molecule has 0 aliphatic heterocycles. The molecule has 122 valence electrons. The van der Waals surface area contributed by atoms with Crippen LogP contribution in [0.1, 0.15) is 29.5 Å². The smallest absolute Gasteiger partial charge is 0.172 e. The summed E-state index contributed by atoms with van der Waals surface area (Å²) in [5, 5.41) is 13.6. The third-order valence-electron chi connectivity index (χ3n) is 3.49. The molecule has 0 spiro atoms. The first-order valence-corrected chi connectivity index (χ1v) is 7.56. The van der Waals surface area contributed by atoms with E-state index in [0.29, 0.717) is 18.8 Å². The Kier molecular flexibility index (Phi) is 4.99. The van der Waals surface area contributed by atoms with E-state index in [1.165, 1.54) is 0 Å². The molecule has 3 rings (SSSR count). The Morgan fingerprint density at radius 2 is 2.12 bits per heavy atom. The molecule has 0 aliphatic rings. The van der Waals surface area contributed by atoms with Crippen LogP contribution in [0.5, 0.6) is 0 Å². The van der Waals surface area contributed by atoms with Crippen LogP contribution < -0.4 is 11.5 Å². The van der Waals surface area contributed by atoms with Gasteiger partial charge in [0.1, 0.15) is 0 Å². The van der Waals surface area contributed by atoms with E-state index in [2.05, 4.69) is 30.6 Å². The highest BCUT2D eigenvalue weighted by Crippen LogP contribution is 2.20. The number of nitrogens with one attached hydrogen (secondary N) is 1. The van der Waals surface area contributed by atoms with Crippen LogP contribution in [0.4, 0.5) is 0 Å². The second-order valence-corrected chi connectivity index (χ2v) is 5.26. The molecule has 0 saturated heterocycles. The Balaban J connectivity index is 1.85. The van der Waals surface area contributed by atoms with E-state index in [-0.39, 0.29) is 6.04 Å². The minimum atomic E-state index is -0.204. The summed E-state index contributed by atoms with van der Waals surface area (Å²) in [6.07, 6.45) is 7.81. The SMILES string of the molecule is NCCC(N)c1cncc(-c2cccc(/C=C/c3nnn[nH]3)c2)n1. The van der Waals surface area contributed by atoms with Crippen LogP contribution in [0.15, 0.2) is 36.7 Å². The summed E-state index contributed by atoms with van der Waals surface area (Å²) in [6.45, 7) is 0.518. The predicted octanol–water partition coefficient (Wildman–Crippen LogP) is 1.18. The van der Waals surface area contributed by atoms with Gasteiger partial charge in [0.2, 0.25) is 0 Å². The summed E-state index contributed by atoms with van der Waals surface area (Å²) >= 11 is 0. The van der Waals surface area contributed by atoms with E-state index in [1.807, 2.05) is 30.3 Å². The highest BCUT2D eigenvalue weighted by atomic mass is 15.5. The first kappa shape index (κ1) is 15.9. The Bertz CT molecular complexity index is 812. The van der Waals surface area contributed by atoms with Gasteiger partial charge >= 0.3 is 0 Å². The van der Waals surface area contributed by atoms with Crippen molar-refractivity contribution >= 4 is 12.2 Å². The van der Waals surface area contributed by atoms with Gasteiger partial charge in [0.15, 0.2) is 5.82 Å². The Labute approximate surface area is 139 Å². The molecule has 5 N–H and O–H groups in total. The zero-order chi connectivity index (χ0) is 16.8. The van der Waals surface area contributed by atoms with Gasteiger partial charge in [-0.15, -0.1) is 5.10 Å². The van der Waals surface area contributed by atoms with Crippen molar-refractivity contribution in [2.75, 3.05) is 6.54 Å². The third kappa shape index (κ3) is 3.86. The number of aromatic nitrogens is 6. The van der Waals surface area contributed by atoms with E-state index in [1.54, 1.807) is 18.5 Å². The number of rotatable bonds is 6. The Morgan fingerprint density at radius 1 is 1.21 bits per heavy atom. The maximum Gasteiger partial charge on any atom is 0.172 e. The molecular formula is C16H18N8. The maximum absolute atomic E-state index is 6.07. The quantitative estimate of drug-likeness (QED) is 0.620. The van der Waals surface area contributed by atoms with Gasteiger partial charge < -0.3 is 11.5 Å². The van der Waals surface area contributed by atoms with Gasteiger partial charge in [0.05, 0.1) is 23.8 Å². The molecule has 0 bridgehead atoms. The van der Waals surface area contributed by atoms with Crippen LogP contribution in [0, 0.1) is 0 Å². The fourth-order valence-corrected chi connectivity index (χ4v) is 2.24. The summed E-state index contributed by atoms with van der Waals surface area (Å²) in [5.74, 6) is 0.593. The van der Waals surface area contributed by atoms with E-state index in [9.17, 15) is 0 Å². The van der Waals surface area contributed by atoms with E-state index in [4.69, 9.17) is 11.5 Å². The summed E-state index contributed by atoms with van der Waals surface area (Å²) < 4.78 is 0. The molecule has 1 unspecified atom stereocenters. The highest BCUT2D eigenvalue weighted by molar-refractivity contribution is 5.70. The second-order valence-electron chi connectivity index (χ2n) is 5.26. The lowest BCUT2D eigenvalue weighted by Crippen LogP contribution is -2.17. The van der Waals surface area contributed by atoms with Crippen molar-refractivity contribution in [3.8, 4) is 11.3 Å². The molecule has 1 aromatic carbocycles. The number of nitrogens with two attached hydrogens (primary N) is 2. The number of H-pyrrole nitrogens is 1. The third-order valence-corrected chi connectivity index (χ3v) is 3.49. The molecule has 8 nitrogen and oxygen atoms in total. The van der Waals surface area contributed by atoms with Gasteiger partial charge in [-0.3, -0.25) is 4.98 Å². The van der Waals surface area contributed by atoms with E-state index < -0.39 is 0 Å². The van der Waals surface area contributed by atoms with Crippen molar-refractivity contribution in [3.63, 3.8) is 0 Å². The lowest BCUT2D eigenvalue weighted by molar-refractivity contribution is 0.640. The second kappa shape index (κ2) is 7.53. The first-order valence-electron chi connectivity index (χ1n) is 7.56. The average Bonchev–Trinajstić information content (AvgIpc) is 3.14. The van der Waals surface area contributed by atoms with E-state index in [0.717, 1.165) is 22.5 Å². The maximum atomic E-state index is 6.07. The van der Waals surface area contributed by atoms with Gasteiger partial charge in [0.25, 0.3) is 0 Å². The fraction of sp³-hybridized carbons (Fsp3) is 0.188. The Hall–Kier alpha value is -2.97. The average molecular weight is 322 g/mol. The molecule has 0 amide bonds. The molecule has 0 radical (unpaired) electrons. The number of hydrogen-bond acceptors (Lipinski definition) is 7. The monoisotopic (exact) mass is 322 g/mol. The summed E-state index contributed by atoms with van der Waals surface area (Å²) in [7, 11) is 0. The molecule has 8 heteroatoms. The molecule has 0 aliphatic carbocycles. The number of hydrogen-bond donors (Lipinski definition) is 3. The predicted molar refractivity (Wildman–Crippen MR) is 91.2 cm³/mol. The van der Waals surface area contributed by atoms with Gasteiger partial charge in [-0.1, -0.05) is 24.3 Å². The number of aromatic amines is 1. The molecule has 24 heavy (non-hydrogen) atoms. The lowest BCUT2D eigenvalue weighted by atomic mass is 10.1. The van der Waals surface area contributed by atoms with Crippen LogP contribution in [0.2, 0.25) is 0 Å².